The highest BCUT2D eigenvalue weighted by molar-refractivity contribution is 5.97. The number of rotatable bonds is 2. The first-order chi connectivity index (χ1) is 7.67. The molecule has 0 saturated carbocycles. The van der Waals surface area contributed by atoms with E-state index in [4.69, 9.17) is 4.74 Å². The number of nitrogens with zero attached hydrogens (tertiary/aromatic N) is 2. The van der Waals surface area contributed by atoms with Crippen molar-refractivity contribution in [1.82, 2.24) is 9.78 Å². The number of hydrogen-bond donors (Lipinski definition) is 0. The van der Waals surface area contributed by atoms with Crippen LogP contribution >= 0.6 is 0 Å². The molecule has 16 heavy (non-hydrogen) atoms. The van der Waals surface area contributed by atoms with Gasteiger partial charge >= 0.3 is 5.97 Å². The Hall–Kier alpha value is -2.04. The van der Waals surface area contributed by atoms with Gasteiger partial charge in [-0.3, -0.25) is 4.68 Å². The third-order valence-electron chi connectivity index (χ3n) is 2.47. The zero-order valence-corrected chi connectivity index (χ0v) is 9.35. The summed E-state index contributed by atoms with van der Waals surface area (Å²) in [5.74, 6) is 0.0746. The van der Waals surface area contributed by atoms with Gasteiger partial charge in [0.25, 0.3) is 0 Å². The quantitative estimate of drug-likeness (QED) is 0.717. The van der Waals surface area contributed by atoms with Crippen molar-refractivity contribution in [3.05, 3.63) is 23.9 Å². The van der Waals surface area contributed by atoms with Crippen LogP contribution in [0.5, 0.6) is 5.75 Å². The SMILES string of the molecule is COC(=O)c1cc2cnn(C)c2cc1OC. The van der Waals surface area contributed by atoms with E-state index in [0.717, 1.165) is 10.9 Å². The number of aryl methyl sites for hydroxylation is 1. The van der Waals surface area contributed by atoms with Crippen LogP contribution in [0.25, 0.3) is 10.9 Å². The molecule has 1 heterocycles. The van der Waals surface area contributed by atoms with Gasteiger partial charge in [-0.2, -0.15) is 5.10 Å². The highest BCUT2D eigenvalue weighted by Gasteiger charge is 2.15. The summed E-state index contributed by atoms with van der Waals surface area (Å²) in [4.78, 5) is 11.5. The molecule has 5 heteroatoms. The van der Waals surface area contributed by atoms with Gasteiger partial charge < -0.3 is 9.47 Å². The molecule has 0 spiro atoms. The second-order valence-electron chi connectivity index (χ2n) is 3.37. The minimum absolute atomic E-state index is 0.408. The number of carbonyl (C=O) groups excluding carboxylic acids is 1. The summed E-state index contributed by atoms with van der Waals surface area (Å²) in [6.07, 6.45) is 1.70. The molecule has 0 fully saturated rings. The Morgan fingerprint density at radius 2 is 2.12 bits per heavy atom. The smallest absolute Gasteiger partial charge is 0.341 e. The van der Waals surface area contributed by atoms with Crippen LogP contribution in [0, 0.1) is 0 Å². The summed E-state index contributed by atoms with van der Waals surface area (Å²) in [7, 11) is 4.69. The lowest BCUT2D eigenvalue weighted by atomic mass is 10.1. The zero-order chi connectivity index (χ0) is 11.7. The number of benzene rings is 1. The molecule has 0 aliphatic rings. The summed E-state index contributed by atoms with van der Waals surface area (Å²) >= 11 is 0. The summed E-state index contributed by atoms with van der Waals surface area (Å²) in [5.41, 5.74) is 1.31. The Labute approximate surface area is 92.6 Å². The van der Waals surface area contributed by atoms with Crippen molar-refractivity contribution in [1.29, 1.82) is 0 Å². The van der Waals surface area contributed by atoms with Gasteiger partial charge in [0.2, 0.25) is 0 Å². The fourth-order valence-electron chi connectivity index (χ4n) is 1.62. The average Bonchev–Trinajstić information content (AvgIpc) is 2.68. The molecule has 0 aliphatic carbocycles. The Morgan fingerprint density at radius 3 is 2.75 bits per heavy atom. The van der Waals surface area contributed by atoms with Crippen molar-refractivity contribution < 1.29 is 14.3 Å². The molecule has 2 aromatic rings. The van der Waals surface area contributed by atoms with Crippen molar-refractivity contribution in [3.8, 4) is 5.75 Å². The number of aromatic nitrogens is 2. The van der Waals surface area contributed by atoms with Crippen LogP contribution < -0.4 is 4.74 Å². The highest BCUT2D eigenvalue weighted by atomic mass is 16.5. The van der Waals surface area contributed by atoms with Crippen LogP contribution in [0.1, 0.15) is 10.4 Å². The largest absolute Gasteiger partial charge is 0.496 e. The second-order valence-corrected chi connectivity index (χ2v) is 3.37. The van der Waals surface area contributed by atoms with E-state index in [-0.39, 0.29) is 0 Å². The molecular formula is C11H12N2O3. The van der Waals surface area contributed by atoms with E-state index in [1.165, 1.54) is 14.2 Å². The van der Waals surface area contributed by atoms with E-state index in [9.17, 15) is 4.79 Å². The maximum atomic E-state index is 11.5. The molecule has 5 nitrogen and oxygen atoms in total. The van der Waals surface area contributed by atoms with Crippen LogP contribution in [-0.4, -0.2) is 30.0 Å². The van der Waals surface area contributed by atoms with Gasteiger partial charge in [-0.05, 0) is 6.07 Å². The monoisotopic (exact) mass is 220 g/mol. The predicted octanol–water partition coefficient (Wildman–Crippen LogP) is 1.37. The van der Waals surface area contributed by atoms with E-state index in [2.05, 4.69) is 9.84 Å². The molecule has 0 unspecified atom stereocenters. The van der Waals surface area contributed by atoms with E-state index >= 15 is 0 Å². The normalized spacial score (nSPS) is 10.4. The second kappa shape index (κ2) is 3.84. The van der Waals surface area contributed by atoms with Crippen LogP contribution in [0.2, 0.25) is 0 Å². The topological polar surface area (TPSA) is 53.3 Å². The maximum absolute atomic E-state index is 11.5. The standard InChI is InChI=1S/C11H12N2O3/c1-13-9-5-10(15-2)8(11(14)16-3)4-7(9)6-12-13/h4-6H,1-3H3. The molecule has 0 radical (unpaired) electrons. The van der Waals surface area contributed by atoms with Gasteiger partial charge in [-0.15, -0.1) is 0 Å². The van der Waals surface area contributed by atoms with Crippen molar-refractivity contribution >= 4 is 16.9 Å². The van der Waals surface area contributed by atoms with Gasteiger partial charge in [0, 0.05) is 18.5 Å². The summed E-state index contributed by atoms with van der Waals surface area (Å²) in [6.45, 7) is 0. The Kier molecular flexibility index (Phi) is 2.52. The van der Waals surface area contributed by atoms with Gasteiger partial charge in [0.1, 0.15) is 11.3 Å². The molecule has 84 valence electrons. The third kappa shape index (κ3) is 1.50. The lowest BCUT2D eigenvalue weighted by Gasteiger charge is -2.07. The summed E-state index contributed by atoms with van der Waals surface area (Å²) < 4.78 is 11.6. The first kappa shape index (κ1) is 10.5. The Balaban J connectivity index is 2.68. The number of fused-ring (bicyclic) bond motifs is 1. The molecular weight excluding hydrogens is 208 g/mol. The summed E-state index contributed by atoms with van der Waals surface area (Å²) in [6, 6.07) is 3.49. The third-order valence-corrected chi connectivity index (χ3v) is 2.47. The van der Waals surface area contributed by atoms with E-state index < -0.39 is 5.97 Å². The van der Waals surface area contributed by atoms with Crippen molar-refractivity contribution in [3.63, 3.8) is 0 Å². The van der Waals surface area contributed by atoms with Gasteiger partial charge in [0.05, 0.1) is 25.9 Å². The van der Waals surface area contributed by atoms with Crippen molar-refractivity contribution in [2.45, 2.75) is 0 Å². The van der Waals surface area contributed by atoms with Crippen molar-refractivity contribution in [2.75, 3.05) is 14.2 Å². The predicted molar refractivity (Wildman–Crippen MR) is 58.6 cm³/mol. The van der Waals surface area contributed by atoms with E-state index in [1.807, 2.05) is 7.05 Å². The molecule has 2 rings (SSSR count). The molecule has 1 aromatic heterocycles. The molecule has 0 N–H and O–H groups in total. The number of methoxy groups -OCH3 is 2. The molecule has 0 aliphatic heterocycles. The minimum atomic E-state index is -0.414. The molecule has 0 amide bonds. The maximum Gasteiger partial charge on any atom is 0.341 e. The molecule has 1 aromatic carbocycles. The molecule has 0 atom stereocenters. The Bertz CT molecular complexity index is 545. The van der Waals surface area contributed by atoms with Crippen LogP contribution in [0.4, 0.5) is 0 Å². The van der Waals surface area contributed by atoms with Crippen molar-refractivity contribution in [2.24, 2.45) is 7.05 Å². The van der Waals surface area contributed by atoms with Gasteiger partial charge in [-0.25, -0.2) is 4.79 Å². The Morgan fingerprint density at radius 1 is 1.38 bits per heavy atom. The van der Waals surface area contributed by atoms with Crippen LogP contribution in [-0.2, 0) is 11.8 Å². The number of hydrogen-bond acceptors (Lipinski definition) is 4. The van der Waals surface area contributed by atoms with Crippen LogP contribution in [0.15, 0.2) is 18.3 Å². The lowest BCUT2D eigenvalue weighted by Crippen LogP contribution is -2.04. The summed E-state index contributed by atoms with van der Waals surface area (Å²) in [5, 5.41) is 4.98. The van der Waals surface area contributed by atoms with Gasteiger partial charge in [-0.1, -0.05) is 0 Å². The average molecular weight is 220 g/mol. The molecule has 0 saturated heterocycles. The number of carbonyl (C=O) groups is 1. The first-order valence-electron chi connectivity index (χ1n) is 4.75. The minimum Gasteiger partial charge on any atom is -0.496 e. The highest BCUT2D eigenvalue weighted by Crippen LogP contribution is 2.26. The number of ether oxygens (including phenoxy) is 2. The van der Waals surface area contributed by atoms with Gasteiger partial charge in [0.15, 0.2) is 0 Å². The fraction of sp³-hybridized carbons (Fsp3) is 0.273. The van der Waals surface area contributed by atoms with E-state index in [1.54, 1.807) is 23.0 Å². The zero-order valence-electron chi connectivity index (χ0n) is 9.35. The molecule has 0 bridgehead atoms. The number of esters is 1. The van der Waals surface area contributed by atoms with Crippen LogP contribution in [0.3, 0.4) is 0 Å². The lowest BCUT2D eigenvalue weighted by molar-refractivity contribution is 0.0597. The fourth-order valence-corrected chi connectivity index (χ4v) is 1.62. The van der Waals surface area contributed by atoms with E-state index in [0.29, 0.717) is 11.3 Å². The first-order valence-corrected chi connectivity index (χ1v) is 4.75.